The maximum Gasteiger partial charge on any atom is 0.242 e. The van der Waals surface area contributed by atoms with Crippen molar-refractivity contribution in [3.8, 4) is 0 Å². The summed E-state index contributed by atoms with van der Waals surface area (Å²) >= 11 is 0. The summed E-state index contributed by atoms with van der Waals surface area (Å²) in [5, 5.41) is 5.47. The van der Waals surface area contributed by atoms with Gasteiger partial charge < -0.3 is 10.6 Å². The molecule has 8 heteroatoms. The van der Waals surface area contributed by atoms with Crippen LogP contribution in [0.1, 0.15) is 25.3 Å². The van der Waals surface area contributed by atoms with E-state index in [1.165, 1.54) is 26.2 Å². The highest BCUT2D eigenvalue weighted by Crippen LogP contribution is 2.37. The average molecular weight is 367 g/mol. The first kappa shape index (κ1) is 19.4. The van der Waals surface area contributed by atoms with Crippen LogP contribution in [0.25, 0.3) is 0 Å². The minimum absolute atomic E-state index is 0.00412. The molecule has 1 saturated carbocycles. The van der Waals surface area contributed by atoms with Crippen molar-refractivity contribution in [3.05, 3.63) is 23.8 Å². The number of anilines is 1. The van der Waals surface area contributed by atoms with Gasteiger partial charge in [-0.2, -0.15) is 0 Å². The molecule has 0 aromatic heterocycles. The Morgan fingerprint density at radius 2 is 1.92 bits per heavy atom. The molecule has 25 heavy (non-hydrogen) atoms. The molecule has 0 radical (unpaired) electrons. The molecule has 0 bridgehead atoms. The van der Waals surface area contributed by atoms with E-state index in [9.17, 15) is 18.0 Å². The second kappa shape index (κ2) is 7.53. The third-order valence-electron chi connectivity index (χ3n) is 4.36. The van der Waals surface area contributed by atoms with Gasteiger partial charge in [-0.1, -0.05) is 13.0 Å². The lowest BCUT2D eigenvalue weighted by Crippen LogP contribution is -2.29. The van der Waals surface area contributed by atoms with Gasteiger partial charge in [0.25, 0.3) is 0 Å². The molecule has 2 amide bonds. The molecule has 7 nitrogen and oxygen atoms in total. The molecule has 2 atom stereocenters. The van der Waals surface area contributed by atoms with Crippen LogP contribution in [-0.4, -0.2) is 45.2 Å². The fourth-order valence-corrected chi connectivity index (χ4v) is 3.37. The average Bonchev–Trinajstić information content (AvgIpc) is 3.26. The van der Waals surface area contributed by atoms with Crippen LogP contribution in [0.3, 0.4) is 0 Å². The number of rotatable bonds is 7. The van der Waals surface area contributed by atoms with Gasteiger partial charge in [0.05, 0.1) is 4.90 Å². The van der Waals surface area contributed by atoms with Crippen LogP contribution in [0.2, 0.25) is 0 Å². The number of sulfonamides is 1. The molecular formula is C17H25N3O4S. The van der Waals surface area contributed by atoms with Crippen LogP contribution in [0.15, 0.2) is 23.1 Å². The summed E-state index contributed by atoms with van der Waals surface area (Å²) in [6, 6.07) is 4.62. The summed E-state index contributed by atoms with van der Waals surface area (Å²) in [7, 11) is -0.653. The number of amides is 2. The summed E-state index contributed by atoms with van der Waals surface area (Å²) in [4.78, 5) is 23.9. The van der Waals surface area contributed by atoms with Gasteiger partial charge in [-0.05, 0) is 37.0 Å². The topological polar surface area (TPSA) is 95.6 Å². The second-order valence-electron chi connectivity index (χ2n) is 6.67. The Morgan fingerprint density at radius 3 is 2.48 bits per heavy atom. The Labute approximate surface area is 148 Å². The summed E-state index contributed by atoms with van der Waals surface area (Å²) < 4.78 is 25.5. The molecule has 2 N–H and O–H groups in total. The minimum atomic E-state index is -3.56. The highest BCUT2D eigenvalue weighted by molar-refractivity contribution is 7.89. The Kier molecular flexibility index (Phi) is 5.84. The Balaban J connectivity index is 1.95. The van der Waals surface area contributed by atoms with Gasteiger partial charge in [0.1, 0.15) is 0 Å². The molecule has 138 valence electrons. The van der Waals surface area contributed by atoms with Crippen LogP contribution in [0.5, 0.6) is 0 Å². The Bertz CT molecular complexity index is 774. The van der Waals surface area contributed by atoms with Crippen molar-refractivity contribution in [2.24, 2.45) is 11.8 Å². The van der Waals surface area contributed by atoms with Crippen molar-refractivity contribution in [1.82, 2.24) is 9.62 Å². The zero-order valence-corrected chi connectivity index (χ0v) is 15.8. The number of carbonyl (C=O) groups is 2. The van der Waals surface area contributed by atoms with E-state index in [-0.39, 0.29) is 35.6 Å². The van der Waals surface area contributed by atoms with Crippen molar-refractivity contribution in [3.63, 3.8) is 0 Å². The van der Waals surface area contributed by atoms with Gasteiger partial charge in [-0.15, -0.1) is 0 Å². The van der Waals surface area contributed by atoms with Crippen molar-refractivity contribution < 1.29 is 18.0 Å². The predicted octanol–water partition coefficient (Wildman–Crippen LogP) is 1.35. The van der Waals surface area contributed by atoms with Crippen LogP contribution in [0.4, 0.5) is 5.69 Å². The van der Waals surface area contributed by atoms with Gasteiger partial charge in [-0.25, -0.2) is 12.7 Å². The zero-order chi connectivity index (χ0) is 18.8. The quantitative estimate of drug-likeness (QED) is 0.760. The van der Waals surface area contributed by atoms with Gasteiger partial charge in [0, 0.05) is 38.7 Å². The second-order valence-corrected chi connectivity index (χ2v) is 8.82. The van der Waals surface area contributed by atoms with E-state index in [2.05, 4.69) is 10.6 Å². The third kappa shape index (κ3) is 4.79. The number of nitrogens with zero attached hydrogens (tertiary/aromatic N) is 1. The van der Waals surface area contributed by atoms with E-state index in [4.69, 9.17) is 0 Å². The largest absolute Gasteiger partial charge is 0.355 e. The van der Waals surface area contributed by atoms with Gasteiger partial charge in [0.15, 0.2) is 0 Å². The normalized spacial score (nSPS) is 19.6. The number of benzene rings is 1. The summed E-state index contributed by atoms with van der Waals surface area (Å²) in [6.07, 6.45) is 1.04. The van der Waals surface area contributed by atoms with Crippen molar-refractivity contribution in [1.29, 1.82) is 0 Å². The number of aryl methyl sites for hydroxylation is 1. The van der Waals surface area contributed by atoms with Gasteiger partial charge >= 0.3 is 0 Å². The number of nitrogens with one attached hydrogen (secondary N) is 2. The fraction of sp³-hybridized carbons (Fsp3) is 0.529. The molecule has 1 aliphatic rings. The lowest BCUT2D eigenvalue weighted by molar-refractivity contribution is -0.122. The van der Waals surface area contributed by atoms with E-state index >= 15 is 0 Å². The highest BCUT2D eigenvalue weighted by Gasteiger charge is 2.38. The first-order valence-corrected chi connectivity index (χ1v) is 9.67. The van der Waals surface area contributed by atoms with Gasteiger partial charge in [-0.3, -0.25) is 9.59 Å². The maximum absolute atomic E-state index is 12.2. The minimum Gasteiger partial charge on any atom is -0.355 e. The highest BCUT2D eigenvalue weighted by atomic mass is 32.2. The number of carbonyl (C=O) groups excluding carboxylic acids is 2. The van der Waals surface area contributed by atoms with Crippen LogP contribution in [0, 0.1) is 18.8 Å². The summed E-state index contributed by atoms with van der Waals surface area (Å²) in [6.45, 7) is 4.08. The fourth-order valence-electron chi connectivity index (χ4n) is 2.44. The van der Waals surface area contributed by atoms with E-state index in [1.54, 1.807) is 13.0 Å². The first-order valence-electron chi connectivity index (χ1n) is 8.23. The van der Waals surface area contributed by atoms with Gasteiger partial charge in [0.2, 0.25) is 21.8 Å². The van der Waals surface area contributed by atoms with Crippen molar-refractivity contribution in [2.75, 3.05) is 26.0 Å². The molecule has 1 aliphatic carbocycles. The van der Waals surface area contributed by atoms with Crippen LogP contribution >= 0.6 is 0 Å². The number of hydrogen-bond donors (Lipinski definition) is 2. The lowest BCUT2D eigenvalue weighted by Gasteiger charge is -2.14. The Hall–Kier alpha value is -1.93. The predicted molar refractivity (Wildman–Crippen MR) is 95.6 cm³/mol. The van der Waals surface area contributed by atoms with E-state index in [0.29, 0.717) is 11.6 Å². The third-order valence-corrected chi connectivity index (χ3v) is 6.17. The molecular weight excluding hydrogens is 342 g/mol. The number of hydrogen-bond acceptors (Lipinski definition) is 4. The first-order chi connectivity index (χ1) is 11.6. The lowest BCUT2D eigenvalue weighted by atomic mass is 10.2. The Morgan fingerprint density at radius 1 is 1.28 bits per heavy atom. The summed E-state index contributed by atoms with van der Waals surface area (Å²) in [5.74, 6) is 0.235. The smallest absolute Gasteiger partial charge is 0.242 e. The molecule has 2 rings (SSSR count). The molecule has 1 aromatic carbocycles. The monoisotopic (exact) mass is 367 g/mol. The summed E-state index contributed by atoms with van der Waals surface area (Å²) in [5.41, 5.74) is 1.22. The van der Waals surface area contributed by atoms with Crippen LogP contribution < -0.4 is 10.6 Å². The molecule has 0 spiro atoms. The molecule has 1 aromatic rings. The molecule has 2 unspecified atom stereocenters. The molecule has 0 aliphatic heterocycles. The van der Waals surface area contributed by atoms with Crippen molar-refractivity contribution >= 4 is 27.5 Å². The van der Waals surface area contributed by atoms with E-state index in [1.807, 2.05) is 6.92 Å². The van der Waals surface area contributed by atoms with Crippen LogP contribution in [-0.2, 0) is 19.6 Å². The molecule has 1 fully saturated rings. The van der Waals surface area contributed by atoms with Crippen molar-refractivity contribution in [2.45, 2.75) is 31.6 Å². The SMILES string of the molecule is Cc1ccc(S(=O)(=O)N(C)C)cc1NC(=O)CCNC(=O)C1CC1C. The van der Waals surface area contributed by atoms with E-state index in [0.717, 1.165) is 16.3 Å². The van der Waals surface area contributed by atoms with E-state index < -0.39 is 10.0 Å². The zero-order valence-electron chi connectivity index (χ0n) is 15.0. The molecule has 0 heterocycles. The molecule has 0 saturated heterocycles. The maximum atomic E-state index is 12.2. The standard InChI is InChI=1S/C17H25N3O4S/c1-11-5-6-13(25(23,24)20(3)4)10-15(11)19-16(21)7-8-18-17(22)14-9-12(14)2/h5-6,10,12,14H,7-9H2,1-4H3,(H,18,22)(H,19,21).